The van der Waals surface area contributed by atoms with Crippen molar-refractivity contribution in [1.82, 2.24) is 5.32 Å². The van der Waals surface area contributed by atoms with Gasteiger partial charge in [-0.05, 0) is 24.0 Å². The minimum absolute atomic E-state index is 0.181. The van der Waals surface area contributed by atoms with Crippen molar-refractivity contribution in [2.75, 3.05) is 7.11 Å². The van der Waals surface area contributed by atoms with Gasteiger partial charge in [-0.1, -0.05) is 60.7 Å². The first-order chi connectivity index (χ1) is 11.2. The summed E-state index contributed by atoms with van der Waals surface area (Å²) in [5.41, 5.74) is 2.04. The highest BCUT2D eigenvalue weighted by Gasteiger charge is 2.21. The minimum Gasteiger partial charge on any atom is -0.467 e. The van der Waals surface area contributed by atoms with E-state index in [2.05, 4.69) is 5.32 Å². The van der Waals surface area contributed by atoms with E-state index < -0.39 is 12.0 Å². The Morgan fingerprint density at radius 1 is 0.957 bits per heavy atom. The summed E-state index contributed by atoms with van der Waals surface area (Å²) in [6.45, 7) is 0. The van der Waals surface area contributed by atoms with Gasteiger partial charge >= 0.3 is 5.97 Å². The first kappa shape index (κ1) is 16.7. The maximum atomic E-state index is 12.1. The molecule has 0 aliphatic heterocycles. The lowest BCUT2D eigenvalue weighted by molar-refractivity contribution is -0.145. The molecule has 1 N–H and O–H groups in total. The molecule has 0 aliphatic carbocycles. The Labute approximate surface area is 136 Å². The van der Waals surface area contributed by atoms with Crippen LogP contribution in [0.3, 0.4) is 0 Å². The van der Waals surface area contributed by atoms with Crippen molar-refractivity contribution in [3.8, 4) is 0 Å². The number of hydrogen-bond acceptors (Lipinski definition) is 3. The van der Waals surface area contributed by atoms with Crippen LogP contribution in [0.4, 0.5) is 0 Å². The number of hydrogen-bond donors (Lipinski definition) is 1. The van der Waals surface area contributed by atoms with Gasteiger partial charge in [0.15, 0.2) is 0 Å². The Hall–Kier alpha value is -2.62. The van der Waals surface area contributed by atoms with E-state index in [-0.39, 0.29) is 12.3 Å². The molecule has 0 aromatic heterocycles. The Balaban J connectivity index is 1.92. The summed E-state index contributed by atoms with van der Waals surface area (Å²) in [5.74, 6) is -0.595. The zero-order chi connectivity index (χ0) is 16.5. The number of amides is 1. The summed E-state index contributed by atoms with van der Waals surface area (Å²) in [5, 5.41) is 2.77. The van der Waals surface area contributed by atoms with Gasteiger partial charge in [-0.25, -0.2) is 4.79 Å². The molecule has 0 fully saturated rings. The van der Waals surface area contributed by atoms with Crippen LogP contribution in [0.15, 0.2) is 60.7 Å². The average Bonchev–Trinajstić information content (AvgIpc) is 2.59. The largest absolute Gasteiger partial charge is 0.467 e. The van der Waals surface area contributed by atoms with Crippen LogP contribution in [0.2, 0.25) is 0 Å². The van der Waals surface area contributed by atoms with E-state index in [0.717, 1.165) is 11.1 Å². The van der Waals surface area contributed by atoms with Crippen LogP contribution in [0, 0.1) is 0 Å². The predicted octanol–water partition coefficient (Wildman–Crippen LogP) is 2.52. The lowest BCUT2D eigenvalue weighted by Crippen LogP contribution is -2.42. The van der Waals surface area contributed by atoms with E-state index in [1.54, 1.807) is 0 Å². The summed E-state index contributed by atoms with van der Waals surface area (Å²) in [4.78, 5) is 24.0. The Kier molecular flexibility index (Phi) is 6.36. The molecular formula is C19H21NO3. The lowest BCUT2D eigenvalue weighted by Gasteiger charge is -2.16. The number of esters is 1. The fourth-order valence-electron chi connectivity index (χ4n) is 2.37. The van der Waals surface area contributed by atoms with Gasteiger partial charge in [0.05, 0.1) is 13.5 Å². The standard InChI is InChI=1S/C19H21NO3/c1-23-19(22)17(13-12-15-8-4-2-5-9-15)20-18(21)14-16-10-6-3-7-11-16/h2-11,17H,12-14H2,1H3,(H,20,21)/t17-/m0/s1. The van der Waals surface area contributed by atoms with Gasteiger partial charge in [0.2, 0.25) is 5.91 Å². The van der Waals surface area contributed by atoms with Gasteiger partial charge in [-0.2, -0.15) is 0 Å². The molecule has 0 aliphatic rings. The van der Waals surface area contributed by atoms with E-state index >= 15 is 0 Å². The molecule has 2 aromatic carbocycles. The smallest absolute Gasteiger partial charge is 0.328 e. The molecule has 0 heterocycles. The SMILES string of the molecule is COC(=O)[C@H](CCc1ccccc1)NC(=O)Cc1ccccc1. The van der Waals surface area contributed by atoms with Gasteiger partial charge in [0.1, 0.15) is 6.04 Å². The first-order valence-electron chi connectivity index (χ1n) is 7.64. The molecule has 1 amide bonds. The van der Waals surface area contributed by atoms with Crippen molar-refractivity contribution >= 4 is 11.9 Å². The van der Waals surface area contributed by atoms with Gasteiger partial charge in [-0.15, -0.1) is 0 Å². The fourth-order valence-corrected chi connectivity index (χ4v) is 2.37. The Bertz CT molecular complexity index is 626. The third-order valence-electron chi connectivity index (χ3n) is 3.59. The zero-order valence-electron chi connectivity index (χ0n) is 13.2. The second kappa shape index (κ2) is 8.73. The highest BCUT2D eigenvalue weighted by atomic mass is 16.5. The highest BCUT2D eigenvalue weighted by molar-refractivity contribution is 5.85. The molecule has 2 aromatic rings. The topological polar surface area (TPSA) is 55.4 Å². The normalized spacial score (nSPS) is 11.5. The third-order valence-corrected chi connectivity index (χ3v) is 3.59. The molecular weight excluding hydrogens is 290 g/mol. The summed E-state index contributed by atoms with van der Waals surface area (Å²) < 4.78 is 4.80. The monoisotopic (exact) mass is 311 g/mol. The first-order valence-corrected chi connectivity index (χ1v) is 7.64. The van der Waals surface area contributed by atoms with E-state index in [1.165, 1.54) is 7.11 Å². The molecule has 0 bridgehead atoms. The molecule has 2 rings (SSSR count). The number of methoxy groups -OCH3 is 1. The molecule has 0 unspecified atom stereocenters. The Morgan fingerprint density at radius 2 is 1.52 bits per heavy atom. The average molecular weight is 311 g/mol. The summed E-state index contributed by atoms with van der Waals surface area (Å²) in [7, 11) is 1.33. The fraction of sp³-hybridized carbons (Fsp3) is 0.263. The summed E-state index contributed by atoms with van der Waals surface area (Å²) in [6, 6.07) is 18.7. The van der Waals surface area contributed by atoms with Crippen molar-refractivity contribution in [3.05, 3.63) is 71.8 Å². The van der Waals surface area contributed by atoms with Crippen LogP contribution in [0.25, 0.3) is 0 Å². The summed E-state index contributed by atoms with van der Waals surface area (Å²) >= 11 is 0. The molecule has 4 nitrogen and oxygen atoms in total. The molecule has 23 heavy (non-hydrogen) atoms. The number of carbonyl (C=O) groups excluding carboxylic acids is 2. The van der Waals surface area contributed by atoms with Crippen LogP contribution >= 0.6 is 0 Å². The Morgan fingerprint density at radius 3 is 2.09 bits per heavy atom. The van der Waals surface area contributed by atoms with Gasteiger partial charge in [-0.3, -0.25) is 4.79 Å². The van der Waals surface area contributed by atoms with Crippen LogP contribution in [0.1, 0.15) is 17.5 Å². The van der Waals surface area contributed by atoms with E-state index in [1.807, 2.05) is 60.7 Å². The number of aryl methyl sites for hydroxylation is 1. The quantitative estimate of drug-likeness (QED) is 0.799. The minimum atomic E-state index is -0.628. The maximum Gasteiger partial charge on any atom is 0.328 e. The van der Waals surface area contributed by atoms with Crippen molar-refractivity contribution in [2.45, 2.75) is 25.3 Å². The molecule has 0 spiro atoms. The highest BCUT2D eigenvalue weighted by Crippen LogP contribution is 2.07. The molecule has 120 valence electrons. The summed E-state index contributed by atoms with van der Waals surface area (Å²) in [6.07, 6.45) is 1.46. The number of nitrogens with one attached hydrogen (secondary N) is 1. The predicted molar refractivity (Wildman–Crippen MR) is 88.9 cm³/mol. The number of rotatable bonds is 7. The van der Waals surface area contributed by atoms with Crippen LogP contribution in [0.5, 0.6) is 0 Å². The van der Waals surface area contributed by atoms with Gasteiger partial charge < -0.3 is 10.1 Å². The van der Waals surface area contributed by atoms with E-state index in [9.17, 15) is 9.59 Å². The van der Waals surface area contributed by atoms with Crippen molar-refractivity contribution in [2.24, 2.45) is 0 Å². The molecule has 4 heteroatoms. The zero-order valence-corrected chi connectivity index (χ0v) is 13.2. The maximum absolute atomic E-state index is 12.1. The van der Waals surface area contributed by atoms with Crippen LogP contribution < -0.4 is 5.32 Å². The van der Waals surface area contributed by atoms with Gasteiger partial charge in [0, 0.05) is 0 Å². The van der Waals surface area contributed by atoms with Gasteiger partial charge in [0.25, 0.3) is 0 Å². The van der Waals surface area contributed by atoms with E-state index in [4.69, 9.17) is 4.74 Å². The van der Waals surface area contributed by atoms with E-state index in [0.29, 0.717) is 12.8 Å². The van der Waals surface area contributed by atoms with Crippen LogP contribution in [-0.2, 0) is 27.2 Å². The number of benzene rings is 2. The number of carbonyl (C=O) groups is 2. The number of ether oxygens (including phenoxy) is 1. The lowest BCUT2D eigenvalue weighted by atomic mass is 10.0. The second-order valence-corrected chi connectivity index (χ2v) is 5.33. The third kappa shape index (κ3) is 5.58. The molecule has 1 atom stereocenters. The molecule has 0 radical (unpaired) electrons. The molecule has 0 saturated carbocycles. The van der Waals surface area contributed by atoms with Crippen LogP contribution in [-0.4, -0.2) is 25.0 Å². The second-order valence-electron chi connectivity index (χ2n) is 5.33. The van der Waals surface area contributed by atoms with Crippen molar-refractivity contribution in [3.63, 3.8) is 0 Å². The molecule has 0 saturated heterocycles. The van der Waals surface area contributed by atoms with Crippen molar-refractivity contribution < 1.29 is 14.3 Å². The van der Waals surface area contributed by atoms with Crippen molar-refractivity contribution in [1.29, 1.82) is 0 Å².